The lowest BCUT2D eigenvalue weighted by atomic mass is 9.97. The number of methoxy groups -OCH3 is 1. The molecular formula is C24H15ClFNO5. The summed E-state index contributed by atoms with van der Waals surface area (Å²) in [7, 11) is 1.39. The maximum absolute atomic E-state index is 13.9. The van der Waals surface area contributed by atoms with Gasteiger partial charge in [0, 0.05) is 10.7 Å². The van der Waals surface area contributed by atoms with Crippen LogP contribution in [0.25, 0.3) is 11.0 Å². The van der Waals surface area contributed by atoms with Crippen molar-refractivity contribution >= 4 is 34.2 Å². The van der Waals surface area contributed by atoms with Gasteiger partial charge in [0.2, 0.25) is 5.76 Å². The van der Waals surface area contributed by atoms with E-state index in [1.807, 2.05) is 0 Å². The van der Waals surface area contributed by atoms with Crippen molar-refractivity contribution in [1.82, 2.24) is 0 Å². The zero-order valence-corrected chi connectivity index (χ0v) is 17.4. The number of carbonyl (C=O) groups excluding carboxylic acids is 1. The van der Waals surface area contributed by atoms with Gasteiger partial charge in [-0.05, 0) is 54.1 Å². The molecule has 0 radical (unpaired) electrons. The maximum Gasteiger partial charge on any atom is 0.295 e. The highest BCUT2D eigenvalue weighted by molar-refractivity contribution is 6.31. The van der Waals surface area contributed by atoms with E-state index in [4.69, 9.17) is 20.8 Å². The van der Waals surface area contributed by atoms with Gasteiger partial charge in [0.15, 0.2) is 16.9 Å². The quantitative estimate of drug-likeness (QED) is 0.471. The third kappa shape index (κ3) is 3.01. The van der Waals surface area contributed by atoms with Crippen LogP contribution >= 0.6 is 11.6 Å². The Hall–Kier alpha value is -3.84. The van der Waals surface area contributed by atoms with Crippen molar-refractivity contribution in [3.63, 3.8) is 0 Å². The summed E-state index contributed by atoms with van der Waals surface area (Å²) in [4.78, 5) is 28.3. The van der Waals surface area contributed by atoms with Gasteiger partial charge >= 0.3 is 0 Å². The summed E-state index contributed by atoms with van der Waals surface area (Å²) in [5.74, 6) is -1.19. The number of amides is 1. The van der Waals surface area contributed by atoms with Gasteiger partial charge in [0.05, 0.1) is 24.1 Å². The summed E-state index contributed by atoms with van der Waals surface area (Å²) in [5.41, 5.74) is 0.602. The molecule has 8 heteroatoms. The van der Waals surface area contributed by atoms with E-state index in [2.05, 4.69) is 0 Å². The van der Waals surface area contributed by atoms with Gasteiger partial charge in [-0.15, -0.1) is 0 Å². The van der Waals surface area contributed by atoms with Gasteiger partial charge in [0.1, 0.15) is 11.4 Å². The predicted octanol–water partition coefficient (Wildman–Crippen LogP) is 5.05. The molecule has 0 spiro atoms. The Balaban J connectivity index is 1.83. The molecule has 3 aromatic carbocycles. The van der Waals surface area contributed by atoms with Gasteiger partial charge in [0.25, 0.3) is 5.91 Å². The van der Waals surface area contributed by atoms with Crippen LogP contribution in [-0.4, -0.2) is 18.1 Å². The fourth-order valence-electron chi connectivity index (χ4n) is 4.02. The highest BCUT2D eigenvalue weighted by Crippen LogP contribution is 2.43. The fraction of sp³-hybridized carbons (Fsp3) is 0.0833. The lowest BCUT2D eigenvalue weighted by Gasteiger charge is -2.25. The number of fused-ring (bicyclic) bond motifs is 2. The van der Waals surface area contributed by atoms with Crippen LogP contribution < -0.4 is 15.1 Å². The number of phenolic OH excluding ortho intramolecular Hbond substituents is 1. The molecular weight excluding hydrogens is 437 g/mol. The number of rotatable bonds is 3. The van der Waals surface area contributed by atoms with Gasteiger partial charge < -0.3 is 14.3 Å². The first-order valence-electron chi connectivity index (χ1n) is 9.61. The predicted molar refractivity (Wildman–Crippen MR) is 117 cm³/mol. The van der Waals surface area contributed by atoms with E-state index in [0.717, 1.165) is 12.1 Å². The second-order valence-corrected chi connectivity index (χ2v) is 7.74. The van der Waals surface area contributed by atoms with Crippen molar-refractivity contribution in [1.29, 1.82) is 0 Å². The van der Waals surface area contributed by atoms with Crippen molar-refractivity contribution in [2.24, 2.45) is 0 Å². The Morgan fingerprint density at radius 1 is 1.09 bits per heavy atom. The molecule has 1 aliphatic rings. The monoisotopic (exact) mass is 451 g/mol. The number of carbonyl (C=O) groups is 1. The molecule has 1 amide bonds. The van der Waals surface area contributed by atoms with Crippen molar-refractivity contribution in [3.8, 4) is 11.5 Å². The average Bonchev–Trinajstić information content (AvgIpc) is 3.07. The molecule has 0 bridgehead atoms. The third-order valence-corrected chi connectivity index (χ3v) is 5.67. The number of nitrogens with zero attached hydrogens (tertiary/aromatic N) is 1. The first-order valence-corrected chi connectivity index (χ1v) is 9.99. The SMILES string of the molecule is COc1cc(C2c3c(oc4ccc(F)cc4c3=O)C(=O)N2c2cccc(Cl)c2)ccc1O. The summed E-state index contributed by atoms with van der Waals surface area (Å²) in [6.45, 7) is 0. The number of ether oxygens (including phenoxy) is 1. The van der Waals surface area contributed by atoms with Gasteiger partial charge in [-0.2, -0.15) is 0 Å². The number of halogens is 2. The van der Waals surface area contributed by atoms with Crippen molar-refractivity contribution in [3.05, 3.63) is 98.6 Å². The Morgan fingerprint density at radius 2 is 1.91 bits per heavy atom. The fourth-order valence-corrected chi connectivity index (χ4v) is 4.20. The molecule has 32 heavy (non-hydrogen) atoms. The van der Waals surface area contributed by atoms with Gasteiger partial charge in [-0.1, -0.05) is 23.7 Å². The van der Waals surface area contributed by atoms with Gasteiger partial charge in [-0.3, -0.25) is 14.5 Å². The van der Waals surface area contributed by atoms with Gasteiger partial charge in [-0.25, -0.2) is 4.39 Å². The summed E-state index contributed by atoms with van der Waals surface area (Å²) >= 11 is 6.16. The highest BCUT2D eigenvalue weighted by atomic mass is 35.5. The molecule has 1 aromatic heterocycles. The molecule has 6 nitrogen and oxygen atoms in total. The molecule has 160 valence electrons. The minimum absolute atomic E-state index is 0.0280. The first kappa shape index (κ1) is 20.1. The normalized spacial score (nSPS) is 15.3. The first-order chi connectivity index (χ1) is 15.4. The average molecular weight is 452 g/mol. The van der Waals surface area contributed by atoms with E-state index < -0.39 is 23.2 Å². The maximum atomic E-state index is 13.9. The Morgan fingerprint density at radius 3 is 2.66 bits per heavy atom. The number of anilines is 1. The summed E-state index contributed by atoms with van der Waals surface area (Å²) in [6.07, 6.45) is 0. The van der Waals surface area contributed by atoms with Crippen LogP contribution in [0.15, 0.2) is 69.9 Å². The topological polar surface area (TPSA) is 80.0 Å². The Labute approximate surface area is 186 Å². The van der Waals surface area contributed by atoms with E-state index in [0.29, 0.717) is 16.3 Å². The van der Waals surface area contributed by atoms with E-state index in [1.165, 1.54) is 30.2 Å². The summed E-state index contributed by atoms with van der Waals surface area (Å²) < 4.78 is 24.9. The second kappa shape index (κ2) is 7.39. The Bertz CT molecular complexity index is 1460. The molecule has 4 aromatic rings. The zero-order valence-electron chi connectivity index (χ0n) is 16.6. The molecule has 1 atom stereocenters. The molecule has 2 heterocycles. The highest BCUT2D eigenvalue weighted by Gasteiger charge is 2.44. The van der Waals surface area contributed by atoms with Crippen molar-refractivity contribution < 1.29 is 23.4 Å². The number of benzene rings is 3. The van der Waals surface area contributed by atoms with Crippen LogP contribution in [0.4, 0.5) is 10.1 Å². The van der Waals surface area contributed by atoms with E-state index in [9.17, 15) is 19.1 Å². The van der Waals surface area contributed by atoms with E-state index in [1.54, 1.807) is 30.3 Å². The largest absolute Gasteiger partial charge is 0.504 e. The summed E-state index contributed by atoms with van der Waals surface area (Å²) in [5, 5.41) is 10.5. The zero-order chi connectivity index (χ0) is 22.6. The lowest BCUT2D eigenvalue weighted by molar-refractivity contribution is 0.0971. The lowest BCUT2D eigenvalue weighted by Crippen LogP contribution is -2.29. The molecule has 0 fully saturated rings. The van der Waals surface area contributed by atoms with Crippen molar-refractivity contribution in [2.45, 2.75) is 6.04 Å². The molecule has 1 unspecified atom stereocenters. The van der Waals surface area contributed by atoms with Crippen LogP contribution in [-0.2, 0) is 0 Å². The number of hydrogen-bond donors (Lipinski definition) is 1. The van der Waals surface area contributed by atoms with E-state index in [-0.39, 0.29) is 33.8 Å². The van der Waals surface area contributed by atoms with Crippen LogP contribution in [0, 0.1) is 5.82 Å². The minimum Gasteiger partial charge on any atom is -0.504 e. The number of hydrogen-bond acceptors (Lipinski definition) is 5. The molecule has 1 N–H and O–H groups in total. The smallest absolute Gasteiger partial charge is 0.295 e. The van der Waals surface area contributed by atoms with Crippen LogP contribution in [0.2, 0.25) is 5.02 Å². The van der Waals surface area contributed by atoms with Crippen molar-refractivity contribution in [2.75, 3.05) is 12.0 Å². The number of aromatic hydroxyl groups is 1. The molecule has 0 aliphatic carbocycles. The van der Waals surface area contributed by atoms with Crippen LogP contribution in [0.1, 0.15) is 27.7 Å². The standard InChI is InChI=1S/C24H15ClFNO5/c1-31-19-9-12(5-7-17(19)28)21-20-22(29)16-11-14(26)6-8-18(16)32-23(20)24(30)27(21)15-4-2-3-13(25)10-15/h2-11,21,28H,1H3. The third-order valence-electron chi connectivity index (χ3n) is 5.44. The Kier molecular flexibility index (Phi) is 4.64. The molecule has 1 aliphatic heterocycles. The van der Waals surface area contributed by atoms with Crippen LogP contribution in [0.5, 0.6) is 11.5 Å². The van der Waals surface area contributed by atoms with Crippen LogP contribution in [0.3, 0.4) is 0 Å². The number of phenols is 1. The second-order valence-electron chi connectivity index (χ2n) is 7.30. The molecule has 0 saturated carbocycles. The van der Waals surface area contributed by atoms with E-state index >= 15 is 0 Å². The molecule has 5 rings (SSSR count). The minimum atomic E-state index is -0.908. The summed E-state index contributed by atoms with van der Waals surface area (Å²) in [6, 6.07) is 13.8. The molecule has 0 saturated heterocycles.